The Morgan fingerprint density at radius 2 is 1.74 bits per heavy atom. The first-order chi connectivity index (χ1) is 9.22. The predicted molar refractivity (Wildman–Crippen MR) is 73.3 cm³/mol. The first kappa shape index (κ1) is 13.2. The van der Waals surface area contributed by atoms with E-state index in [4.69, 9.17) is 5.73 Å². The molecule has 0 radical (unpaired) electrons. The van der Waals surface area contributed by atoms with Crippen molar-refractivity contribution in [3.8, 4) is 0 Å². The number of nitrogens with one attached hydrogen (secondary N) is 1. The SMILES string of the molecule is NCC(C(=O)Nc1ccccc1F)c1ccccc1. The van der Waals surface area contributed by atoms with Crippen LogP contribution in [-0.4, -0.2) is 12.5 Å². The molecule has 0 heterocycles. The lowest BCUT2D eigenvalue weighted by Crippen LogP contribution is -2.27. The maximum absolute atomic E-state index is 13.5. The summed E-state index contributed by atoms with van der Waals surface area (Å²) in [6.07, 6.45) is 0. The van der Waals surface area contributed by atoms with Gasteiger partial charge < -0.3 is 11.1 Å². The Labute approximate surface area is 111 Å². The third-order valence-electron chi connectivity index (χ3n) is 2.89. The van der Waals surface area contributed by atoms with Crippen LogP contribution in [0.3, 0.4) is 0 Å². The van der Waals surface area contributed by atoms with E-state index in [0.29, 0.717) is 0 Å². The van der Waals surface area contributed by atoms with Gasteiger partial charge in [0.2, 0.25) is 5.91 Å². The molecular formula is C15H15FN2O. The molecule has 2 rings (SSSR count). The van der Waals surface area contributed by atoms with E-state index in [1.54, 1.807) is 12.1 Å². The molecule has 0 saturated carbocycles. The highest BCUT2D eigenvalue weighted by Gasteiger charge is 2.19. The molecule has 0 aromatic heterocycles. The lowest BCUT2D eigenvalue weighted by Gasteiger charge is -2.15. The lowest BCUT2D eigenvalue weighted by molar-refractivity contribution is -0.117. The van der Waals surface area contributed by atoms with E-state index < -0.39 is 11.7 Å². The molecule has 1 amide bonds. The Hall–Kier alpha value is -2.20. The van der Waals surface area contributed by atoms with Crippen molar-refractivity contribution in [2.75, 3.05) is 11.9 Å². The van der Waals surface area contributed by atoms with E-state index in [9.17, 15) is 9.18 Å². The molecule has 0 saturated heterocycles. The number of carbonyl (C=O) groups excluding carboxylic acids is 1. The molecule has 0 aliphatic rings. The fourth-order valence-electron chi connectivity index (χ4n) is 1.86. The summed E-state index contributed by atoms with van der Waals surface area (Å²) >= 11 is 0. The van der Waals surface area contributed by atoms with Gasteiger partial charge >= 0.3 is 0 Å². The maximum Gasteiger partial charge on any atom is 0.233 e. The van der Waals surface area contributed by atoms with Gasteiger partial charge in [-0.3, -0.25) is 4.79 Å². The quantitative estimate of drug-likeness (QED) is 0.885. The van der Waals surface area contributed by atoms with Crippen LogP contribution in [0.15, 0.2) is 54.6 Å². The van der Waals surface area contributed by atoms with E-state index in [2.05, 4.69) is 5.32 Å². The second-order valence-electron chi connectivity index (χ2n) is 4.17. The molecule has 0 bridgehead atoms. The molecule has 3 N–H and O–H groups in total. The van der Waals surface area contributed by atoms with Gasteiger partial charge in [0.25, 0.3) is 0 Å². The zero-order valence-electron chi connectivity index (χ0n) is 10.3. The molecule has 3 nitrogen and oxygen atoms in total. The number of para-hydroxylation sites is 1. The second-order valence-corrected chi connectivity index (χ2v) is 4.17. The molecule has 2 aromatic rings. The minimum absolute atomic E-state index is 0.168. The Morgan fingerprint density at radius 3 is 2.37 bits per heavy atom. The van der Waals surface area contributed by atoms with Gasteiger partial charge in [0.1, 0.15) is 5.82 Å². The van der Waals surface area contributed by atoms with E-state index in [0.717, 1.165) is 5.56 Å². The fourth-order valence-corrected chi connectivity index (χ4v) is 1.86. The number of halogens is 1. The van der Waals surface area contributed by atoms with Crippen molar-refractivity contribution < 1.29 is 9.18 Å². The molecule has 0 aliphatic carbocycles. The van der Waals surface area contributed by atoms with Crippen molar-refractivity contribution in [2.24, 2.45) is 5.73 Å². The highest BCUT2D eigenvalue weighted by Crippen LogP contribution is 2.19. The van der Waals surface area contributed by atoms with Gasteiger partial charge in [-0.05, 0) is 17.7 Å². The van der Waals surface area contributed by atoms with Crippen molar-refractivity contribution in [3.05, 3.63) is 66.0 Å². The number of anilines is 1. The number of rotatable bonds is 4. The summed E-state index contributed by atoms with van der Waals surface area (Å²) < 4.78 is 13.5. The Balaban J connectivity index is 2.17. The van der Waals surface area contributed by atoms with Crippen LogP contribution in [0.25, 0.3) is 0 Å². The van der Waals surface area contributed by atoms with Gasteiger partial charge in [0, 0.05) is 6.54 Å². The van der Waals surface area contributed by atoms with Crippen molar-refractivity contribution >= 4 is 11.6 Å². The van der Waals surface area contributed by atoms with E-state index in [1.165, 1.54) is 12.1 Å². The van der Waals surface area contributed by atoms with Crippen LogP contribution in [0, 0.1) is 5.82 Å². The van der Waals surface area contributed by atoms with Crippen molar-refractivity contribution in [2.45, 2.75) is 5.92 Å². The van der Waals surface area contributed by atoms with Gasteiger partial charge in [0.05, 0.1) is 11.6 Å². The van der Waals surface area contributed by atoms with Crippen molar-refractivity contribution in [3.63, 3.8) is 0 Å². The first-order valence-corrected chi connectivity index (χ1v) is 6.02. The monoisotopic (exact) mass is 258 g/mol. The number of carbonyl (C=O) groups is 1. The third-order valence-corrected chi connectivity index (χ3v) is 2.89. The molecule has 1 unspecified atom stereocenters. The van der Waals surface area contributed by atoms with Gasteiger partial charge in [-0.2, -0.15) is 0 Å². The smallest absolute Gasteiger partial charge is 0.233 e. The topological polar surface area (TPSA) is 55.1 Å². The summed E-state index contributed by atoms with van der Waals surface area (Å²) in [5, 5.41) is 2.57. The summed E-state index contributed by atoms with van der Waals surface area (Å²) in [5.41, 5.74) is 6.63. The molecular weight excluding hydrogens is 243 g/mol. The van der Waals surface area contributed by atoms with E-state index >= 15 is 0 Å². The third kappa shape index (κ3) is 3.17. The molecule has 98 valence electrons. The van der Waals surface area contributed by atoms with Crippen LogP contribution in [-0.2, 0) is 4.79 Å². The lowest BCUT2D eigenvalue weighted by atomic mass is 9.98. The largest absolute Gasteiger partial charge is 0.329 e. The Bertz CT molecular complexity index is 557. The van der Waals surface area contributed by atoms with Crippen molar-refractivity contribution in [1.29, 1.82) is 0 Å². The summed E-state index contributed by atoms with van der Waals surface area (Å²) in [5.74, 6) is -1.25. The van der Waals surface area contributed by atoms with Gasteiger partial charge in [-0.15, -0.1) is 0 Å². The molecule has 19 heavy (non-hydrogen) atoms. The average molecular weight is 258 g/mol. The summed E-state index contributed by atoms with van der Waals surface area (Å²) in [6, 6.07) is 15.3. The second kappa shape index (κ2) is 6.11. The van der Waals surface area contributed by atoms with Gasteiger partial charge in [-0.25, -0.2) is 4.39 Å². The Morgan fingerprint density at radius 1 is 1.11 bits per heavy atom. The van der Waals surface area contributed by atoms with Crippen LogP contribution >= 0.6 is 0 Å². The van der Waals surface area contributed by atoms with Crippen molar-refractivity contribution in [1.82, 2.24) is 0 Å². The Kier molecular flexibility index (Phi) is 4.26. The normalized spacial score (nSPS) is 11.9. The highest BCUT2D eigenvalue weighted by molar-refractivity contribution is 5.96. The summed E-state index contributed by atoms with van der Waals surface area (Å²) in [7, 11) is 0. The van der Waals surface area contributed by atoms with E-state index in [1.807, 2.05) is 30.3 Å². The number of hydrogen-bond donors (Lipinski definition) is 2. The highest BCUT2D eigenvalue weighted by atomic mass is 19.1. The molecule has 0 aliphatic heterocycles. The molecule has 0 spiro atoms. The molecule has 2 aromatic carbocycles. The van der Waals surface area contributed by atoms with Crippen LogP contribution in [0.1, 0.15) is 11.5 Å². The maximum atomic E-state index is 13.5. The fraction of sp³-hybridized carbons (Fsp3) is 0.133. The summed E-state index contributed by atoms with van der Waals surface area (Å²) in [4.78, 5) is 12.1. The predicted octanol–water partition coefficient (Wildman–Crippen LogP) is 2.51. The molecule has 0 fully saturated rings. The van der Waals surface area contributed by atoms with Crippen LogP contribution in [0.2, 0.25) is 0 Å². The van der Waals surface area contributed by atoms with Crippen LogP contribution < -0.4 is 11.1 Å². The number of hydrogen-bond acceptors (Lipinski definition) is 2. The minimum Gasteiger partial charge on any atom is -0.329 e. The van der Waals surface area contributed by atoms with Gasteiger partial charge in [-0.1, -0.05) is 42.5 Å². The number of benzene rings is 2. The molecule has 1 atom stereocenters. The average Bonchev–Trinajstić information content (AvgIpc) is 2.43. The zero-order valence-corrected chi connectivity index (χ0v) is 10.3. The minimum atomic E-state index is -0.485. The zero-order chi connectivity index (χ0) is 13.7. The van der Waals surface area contributed by atoms with Crippen LogP contribution in [0.4, 0.5) is 10.1 Å². The summed E-state index contributed by atoms with van der Waals surface area (Å²) in [6.45, 7) is 0.171. The number of amides is 1. The van der Waals surface area contributed by atoms with Gasteiger partial charge in [0.15, 0.2) is 0 Å². The standard InChI is InChI=1S/C15H15FN2O/c16-13-8-4-5-9-14(13)18-15(19)12(10-17)11-6-2-1-3-7-11/h1-9,12H,10,17H2,(H,18,19). The van der Waals surface area contributed by atoms with E-state index in [-0.39, 0.29) is 18.1 Å². The number of nitrogens with two attached hydrogens (primary N) is 1. The van der Waals surface area contributed by atoms with Crippen LogP contribution in [0.5, 0.6) is 0 Å². The molecule has 4 heteroatoms. The first-order valence-electron chi connectivity index (χ1n) is 6.02.